The van der Waals surface area contributed by atoms with Crippen LogP contribution in [0.25, 0.3) is 10.1 Å². The molecule has 0 fully saturated rings. The largest absolute Gasteiger partial charge is 0.409 e. The number of hydrogen-bond donors (Lipinski definition) is 3. The zero-order valence-corrected chi connectivity index (χ0v) is 11.1. The summed E-state index contributed by atoms with van der Waals surface area (Å²) in [5.74, 6) is 0.0900. The number of benzene rings is 1. The molecule has 1 heterocycles. The van der Waals surface area contributed by atoms with Crippen LogP contribution in [-0.4, -0.2) is 23.5 Å². The molecule has 1 amide bonds. The van der Waals surface area contributed by atoms with Crippen LogP contribution in [-0.2, 0) is 0 Å². The molecule has 0 atom stereocenters. The predicted octanol–water partition coefficient (Wildman–Crippen LogP) is 2.16. The number of nitrogens with one attached hydrogen (secondary N) is 1. The maximum Gasteiger partial charge on any atom is 0.252 e. The summed E-state index contributed by atoms with van der Waals surface area (Å²) >= 11 is 1.56. The fourth-order valence-electron chi connectivity index (χ4n) is 1.77. The molecule has 0 spiro atoms. The summed E-state index contributed by atoms with van der Waals surface area (Å²) in [5.41, 5.74) is 6.05. The first-order valence-electron chi connectivity index (χ1n) is 5.93. The van der Waals surface area contributed by atoms with Crippen molar-refractivity contribution in [2.24, 2.45) is 10.9 Å². The van der Waals surface area contributed by atoms with Gasteiger partial charge in [0, 0.05) is 28.4 Å². The molecule has 5 nitrogen and oxygen atoms in total. The molecule has 1 aromatic carbocycles. The molecule has 0 aliphatic carbocycles. The maximum atomic E-state index is 12.0. The topological polar surface area (TPSA) is 87.7 Å². The van der Waals surface area contributed by atoms with Crippen LogP contribution in [0.5, 0.6) is 0 Å². The van der Waals surface area contributed by atoms with Crippen molar-refractivity contribution in [3.05, 3.63) is 35.2 Å². The Bertz CT molecular complexity index is 607. The van der Waals surface area contributed by atoms with E-state index < -0.39 is 0 Å². The Balaban J connectivity index is 1.93. The van der Waals surface area contributed by atoms with E-state index >= 15 is 0 Å². The van der Waals surface area contributed by atoms with Gasteiger partial charge in [-0.05, 0) is 12.5 Å². The Morgan fingerprint density at radius 1 is 1.42 bits per heavy atom. The Kier molecular flexibility index (Phi) is 4.35. The third kappa shape index (κ3) is 3.23. The van der Waals surface area contributed by atoms with E-state index in [4.69, 9.17) is 10.9 Å². The predicted molar refractivity (Wildman–Crippen MR) is 76.8 cm³/mol. The number of nitrogens with two attached hydrogens (primary N) is 1. The third-order valence-electron chi connectivity index (χ3n) is 2.75. The quantitative estimate of drug-likeness (QED) is 0.257. The van der Waals surface area contributed by atoms with E-state index in [1.165, 1.54) is 0 Å². The smallest absolute Gasteiger partial charge is 0.252 e. The van der Waals surface area contributed by atoms with Crippen molar-refractivity contribution in [1.29, 1.82) is 0 Å². The Morgan fingerprint density at radius 3 is 3.00 bits per heavy atom. The summed E-state index contributed by atoms with van der Waals surface area (Å²) in [7, 11) is 0. The highest BCUT2D eigenvalue weighted by Gasteiger charge is 2.10. The highest BCUT2D eigenvalue weighted by molar-refractivity contribution is 7.17. The maximum absolute atomic E-state index is 12.0. The van der Waals surface area contributed by atoms with Crippen LogP contribution in [0.2, 0.25) is 0 Å². The van der Waals surface area contributed by atoms with E-state index in [0.29, 0.717) is 24.9 Å². The zero-order chi connectivity index (χ0) is 13.7. The molecule has 1 aromatic heterocycles. The van der Waals surface area contributed by atoms with Crippen molar-refractivity contribution < 1.29 is 10.0 Å². The number of rotatable bonds is 5. The summed E-state index contributed by atoms with van der Waals surface area (Å²) in [5, 5.41) is 16.9. The van der Waals surface area contributed by atoms with Gasteiger partial charge in [0.25, 0.3) is 5.91 Å². The van der Waals surface area contributed by atoms with Gasteiger partial charge in [0.05, 0.1) is 5.56 Å². The number of hydrogen-bond acceptors (Lipinski definition) is 4. The second kappa shape index (κ2) is 6.19. The van der Waals surface area contributed by atoms with Crippen molar-refractivity contribution in [3.8, 4) is 0 Å². The molecule has 19 heavy (non-hydrogen) atoms. The van der Waals surface area contributed by atoms with Gasteiger partial charge < -0.3 is 16.3 Å². The molecular weight excluding hydrogens is 262 g/mol. The van der Waals surface area contributed by atoms with E-state index in [9.17, 15) is 4.79 Å². The standard InChI is InChI=1S/C13H15N3O2S/c14-12(16-18)6-3-7-15-13(17)10-8-19-11-5-2-1-4-9(10)11/h1-2,4-5,8,18H,3,6-7H2,(H2,14,16)(H,15,17). The van der Waals surface area contributed by atoms with Gasteiger partial charge in [0.1, 0.15) is 5.84 Å². The number of amides is 1. The number of carbonyl (C=O) groups is 1. The summed E-state index contributed by atoms with van der Waals surface area (Å²) < 4.78 is 1.10. The minimum atomic E-state index is -0.0861. The molecule has 0 radical (unpaired) electrons. The molecule has 0 saturated carbocycles. The lowest BCUT2D eigenvalue weighted by Crippen LogP contribution is -2.25. The average Bonchev–Trinajstić information content (AvgIpc) is 2.87. The molecule has 0 bridgehead atoms. The number of amidine groups is 1. The Morgan fingerprint density at radius 2 is 2.21 bits per heavy atom. The van der Waals surface area contributed by atoms with Crippen molar-refractivity contribution in [1.82, 2.24) is 5.32 Å². The first-order chi connectivity index (χ1) is 9.22. The SMILES string of the molecule is NC(CCCNC(=O)c1csc2ccccc12)=NO. The van der Waals surface area contributed by atoms with Crippen LogP contribution in [0.1, 0.15) is 23.2 Å². The zero-order valence-electron chi connectivity index (χ0n) is 10.3. The van der Waals surface area contributed by atoms with Gasteiger partial charge in [-0.2, -0.15) is 0 Å². The van der Waals surface area contributed by atoms with Gasteiger partial charge in [0.15, 0.2) is 0 Å². The first kappa shape index (κ1) is 13.4. The van der Waals surface area contributed by atoms with Crippen molar-refractivity contribution >= 4 is 33.2 Å². The van der Waals surface area contributed by atoms with Crippen molar-refractivity contribution in [3.63, 3.8) is 0 Å². The number of carbonyl (C=O) groups excluding carboxylic acids is 1. The Hall–Kier alpha value is -2.08. The van der Waals surface area contributed by atoms with Crippen molar-refractivity contribution in [2.75, 3.05) is 6.54 Å². The fourth-order valence-corrected chi connectivity index (χ4v) is 2.71. The second-order valence-electron chi connectivity index (χ2n) is 4.10. The molecule has 0 unspecified atom stereocenters. The number of oxime groups is 1. The Labute approximate surface area is 114 Å². The summed E-state index contributed by atoms with van der Waals surface area (Å²) in [6, 6.07) is 7.81. The van der Waals surface area contributed by atoms with E-state index in [2.05, 4.69) is 10.5 Å². The minimum absolute atomic E-state index is 0.0861. The van der Waals surface area contributed by atoms with Crippen LogP contribution < -0.4 is 11.1 Å². The lowest BCUT2D eigenvalue weighted by molar-refractivity contribution is 0.0955. The van der Waals surface area contributed by atoms with Crippen molar-refractivity contribution in [2.45, 2.75) is 12.8 Å². The van der Waals surface area contributed by atoms with E-state index in [0.717, 1.165) is 10.1 Å². The lowest BCUT2D eigenvalue weighted by atomic mass is 10.1. The summed E-state index contributed by atoms with van der Waals surface area (Å²) in [6.45, 7) is 0.499. The molecule has 4 N–H and O–H groups in total. The van der Waals surface area contributed by atoms with Crippen LogP contribution in [0, 0.1) is 0 Å². The van der Waals surface area contributed by atoms with Crippen LogP contribution >= 0.6 is 11.3 Å². The molecule has 100 valence electrons. The lowest BCUT2D eigenvalue weighted by Gasteiger charge is -2.04. The van der Waals surface area contributed by atoms with Gasteiger partial charge >= 0.3 is 0 Å². The molecule has 0 aliphatic heterocycles. The van der Waals surface area contributed by atoms with Crippen LogP contribution in [0.15, 0.2) is 34.8 Å². The number of thiophene rings is 1. The van der Waals surface area contributed by atoms with E-state index in [-0.39, 0.29) is 11.7 Å². The normalized spacial score (nSPS) is 11.7. The highest BCUT2D eigenvalue weighted by atomic mass is 32.1. The molecule has 2 rings (SSSR count). The number of fused-ring (bicyclic) bond motifs is 1. The van der Waals surface area contributed by atoms with Gasteiger partial charge in [-0.3, -0.25) is 4.79 Å². The first-order valence-corrected chi connectivity index (χ1v) is 6.81. The van der Waals surface area contributed by atoms with E-state index in [1.54, 1.807) is 11.3 Å². The second-order valence-corrected chi connectivity index (χ2v) is 5.01. The summed E-state index contributed by atoms with van der Waals surface area (Å²) in [4.78, 5) is 12.0. The molecule has 0 aliphatic rings. The molecule has 0 saturated heterocycles. The van der Waals surface area contributed by atoms with Gasteiger partial charge in [0.2, 0.25) is 0 Å². The highest BCUT2D eigenvalue weighted by Crippen LogP contribution is 2.25. The fraction of sp³-hybridized carbons (Fsp3) is 0.231. The minimum Gasteiger partial charge on any atom is -0.409 e. The summed E-state index contributed by atoms with van der Waals surface area (Å²) in [6.07, 6.45) is 1.10. The van der Waals surface area contributed by atoms with Gasteiger partial charge in [-0.25, -0.2) is 0 Å². The molecular formula is C13H15N3O2S. The van der Waals surface area contributed by atoms with Gasteiger partial charge in [-0.15, -0.1) is 11.3 Å². The number of nitrogens with zero attached hydrogens (tertiary/aromatic N) is 1. The average molecular weight is 277 g/mol. The molecule has 2 aromatic rings. The van der Waals surface area contributed by atoms with Crippen LogP contribution in [0.4, 0.5) is 0 Å². The van der Waals surface area contributed by atoms with Crippen LogP contribution in [0.3, 0.4) is 0 Å². The van der Waals surface area contributed by atoms with Gasteiger partial charge in [-0.1, -0.05) is 23.4 Å². The molecule has 6 heteroatoms. The monoisotopic (exact) mass is 277 g/mol. The van der Waals surface area contributed by atoms with E-state index in [1.807, 2.05) is 29.6 Å². The third-order valence-corrected chi connectivity index (χ3v) is 3.71.